The largest absolute Gasteiger partial charge is 0.484 e. The topological polar surface area (TPSA) is 73.6 Å². The van der Waals surface area contributed by atoms with Gasteiger partial charge >= 0.3 is 0 Å². The van der Waals surface area contributed by atoms with Crippen LogP contribution in [0.2, 0.25) is 0 Å². The summed E-state index contributed by atoms with van der Waals surface area (Å²) in [5, 5.41) is 18.7. The lowest BCUT2D eigenvalue weighted by Crippen LogP contribution is -2.49. The highest BCUT2D eigenvalue weighted by Crippen LogP contribution is 2.20. The molecule has 0 saturated carbocycles. The fraction of sp³-hybridized carbons (Fsp3) is 0.467. The van der Waals surface area contributed by atoms with E-state index in [4.69, 9.17) is 10.00 Å². The molecule has 1 aliphatic rings. The molecular formula is C15H18N2O3. The Bertz CT molecular complexity index is 517. The molecule has 0 radical (unpaired) electrons. The van der Waals surface area contributed by atoms with Gasteiger partial charge < -0.3 is 14.7 Å². The van der Waals surface area contributed by atoms with Crippen molar-refractivity contribution in [3.05, 3.63) is 29.8 Å². The quantitative estimate of drug-likeness (QED) is 0.902. The van der Waals surface area contributed by atoms with E-state index in [1.807, 2.05) is 6.07 Å². The van der Waals surface area contributed by atoms with Crippen LogP contribution in [0, 0.1) is 11.3 Å². The van der Waals surface area contributed by atoms with Crippen LogP contribution in [0.4, 0.5) is 0 Å². The molecule has 0 aliphatic carbocycles. The Morgan fingerprint density at radius 3 is 2.80 bits per heavy atom. The Hall–Kier alpha value is -2.06. The Kier molecular flexibility index (Phi) is 4.26. The zero-order valence-electron chi connectivity index (χ0n) is 11.5. The fourth-order valence-corrected chi connectivity index (χ4v) is 2.29. The SMILES string of the molecule is CC1(O)CCCN(C(=O)COc2ccc(C#N)cc2)C1. The average molecular weight is 274 g/mol. The van der Waals surface area contributed by atoms with Crippen LogP contribution in [0.3, 0.4) is 0 Å². The number of carbonyl (C=O) groups excluding carboxylic acids is 1. The van der Waals surface area contributed by atoms with Gasteiger partial charge in [0.1, 0.15) is 5.75 Å². The number of amides is 1. The normalized spacial score (nSPS) is 22.1. The number of likely N-dealkylation sites (tertiary alicyclic amines) is 1. The summed E-state index contributed by atoms with van der Waals surface area (Å²) < 4.78 is 5.41. The molecule has 0 aromatic heterocycles. The second-order valence-electron chi connectivity index (χ2n) is 5.34. The van der Waals surface area contributed by atoms with Crippen molar-refractivity contribution in [1.29, 1.82) is 5.26 Å². The lowest BCUT2D eigenvalue weighted by atomic mass is 9.95. The van der Waals surface area contributed by atoms with Crippen LogP contribution in [-0.2, 0) is 4.79 Å². The molecule has 5 heteroatoms. The van der Waals surface area contributed by atoms with Crippen molar-refractivity contribution in [2.24, 2.45) is 0 Å². The summed E-state index contributed by atoms with van der Waals surface area (Å²) in [5.74, 6) is 0.426. The predicted molar refractivity (Wildman–Crippen MR) is 73.1 cm³/mol. The molecule has 1 saturated heterocycles. The van der Waals surface area contributed by atoms with Crippen molar-refractivity contribution in [2.45, 2.75) is 25.4 Å². The molecule has 1 aliphatic heterocycles. The van der Waals surface area contributed by atoms with E-state index in [2.05, 4.69) is 0 Å². The van der Waals surface area contributed by atoms with E-state index in [9.17, 15) is 9.90 Å². The van der Waals surface area contributed by atoms with Crippen LogP contribution in [0.1, 0.15) is 25.3 Å². The van der Waals surface area contributed by atoms with Crippen molar-refractivity contribution >= 4 is 5.91 Å². The molecule has 1 atom stereocenters. The van der Waals surface area contributed by atoms with Gasteiger partial charge in [0, 0.05) is 13.1 Å². The van der Waals surface area contributed by atoms with Crippen LogP contribution in [0.25, 0.3) is 0 Å². The summed E-state index contributed by atoms with van der Waals surface area (Å²) in [7, 11) is 0. The zero-order chi connectivity index (χ0) is 14.6. The van der Waals surface area contributed by atoms with E-state index in [0.717, 1.165) is 6.42 Å². The molecule has 1 aromatic carbocycles. The van der Waals surface area contributed by atoms with E-state index in [-0.39, 0.29) is 12.5 Å². The first-order chi connectivity index (χ1) is 9.50. The summed E-state index contributed by atoms with van der Waals surface area (Å²) in [5.41, 5.74) is -0.252. The highest BCUT2D eigenvalue weighted by atomic mass is 16.5. The number of β-amino-alcohol motifs (C(OH)–C–C–N with tert-alkyl or cyclic N) is 1. The minimum atomic E-state index is -0.803. The first-order valence-electron chi connectivity index (χ1n) is 6.63. The summed E-state index contributed by atoms with van der Waals surface area (Å²) in [6, 6.07) is 8.64. The van der Waals surface area contributed by atoms with E-state index in [0.29, 0.717) is 30.8 Å². The summed E-state index contributed by atoms with van der Waals surface area (Å²) in [6.07, 6.45) is 1.52. The van der Waals surface area contributed by atoms with Gasteiger partial charge in [-0.25, -0.2) is 0 Å². The number of rotatable bonds is 3. The first kappa shape index (κ1) is 14.4. The minimum absolute atomic E-state index is 0.0536. The molecule has 20 heavy (non-hydrogen) atoms. The van der Waals surface area contributed by atoms with E-state index in [1.54, 1.807) is 36.1 Å². The van der Waals surface area contributed by atoms with Gasteiger partial charge in [-0.2, -0.15) is 5.26 Å². The number of carbonyl (C=O) groups is 1. The second kappa shape index (κ2) is 5.93. The molecule has 1 heterocycles. The van der Waals surface area contributed by atoms with Gasteiger partial charge in [0.15, 0.2) is 6.61 Å². The number of piperidine rings is 1. The maximum absolute atomic E-state index is 12.0. The molecule has 1 unspecified atom stereocenters. The summed E-state index contributed by atoms with van der Waals surface area (Å²) in [4.78, 5) is 13.7. The molecule has 2 rings (SSSR count). The van der Waals surface area contributed by atoms with Crippen LogP contribution < -0.4 is 4.74 Å². The smallest absolute Gasteiger partial charge is 0.260 e. The standard InChI is InChI=1S/C15H18N2O3/c1-15(19)7-2-8-17(11-15)14(18)10-20-13-5-3-12(9-16)4-6-13/h3-6,19H,2,7-8,10-11H2,1H3. The molecule has 106 valence electrons. The highest BCUT2D eigenvalue weighted by molar-refractivity contribution is 5.78. The molecule has 5 nitrogen and oxygen atoms in total. The van der Waals surface area contributed by atoms with Crippen molar-refractivity contribution < 1.29 is 14.6 Å². The molecule has 1 aromatic rings. The number of hydrogen-bond donors (Lipinski definition) is 1. The molecule has 1 fully saturated rings. The van der Waals surface area contributed by atoms with Crippen molar-refractivity contribution in [3.8, 4) is 11.8 Å². The average Bonchev–Trinajstić information content (AvgIpc) is 2.44. The zero-order valence-corrected chi connectivity index (χ0v) is 11.5. The summed E-state index contributed by atoms with van der Waals surface area (Å²) >= 11 is 0. The number of aliphatic hydroxyl groups is 1. The van der Waals surface area contributed by atoms with Crippen LogP contribution >= 0.6 is 0 Å². The van der Waals surface area contributed by atoms with Crippen LogP contribution in [-0.4, -0.2) is 41.2 Å². The maximum atomic E-state index is 12.0. The Labute approximate surface area is 118 Å². The Morgan fingerprint density at radius 1 is 1.50 bits per heavy atom. The molecule has 1 amide bonds. The first-order valence-corrected chi connectivity index (χ1v) is 6.63. The predicted octanol–water partition coefficient (Wildman–Crippen LogP) is 1.31. The van der Waals surface area contributed by atoms with Gasteiger partial charge in [0.05, 0.1) is 17.2 Å². The van der Waals surface area contributed by atoms with Gasteiger partial charge in [-0.3, -0.25) is 4.79 Å². The third-order valence-electron chi connectivity index (χ3n) is 3.37. The van der Waals surface area contributed by atoms with Gasteiger partial charge in [-0.05, 0) is 44.0 Å². The van der Waals surface area contributed by atoms with Crippen molar-refractivity contribution in [2.75, 3.05) is 19.7 Å². The summed E-state index contributed by atoms with van der Waals surface area (Å²) in [6.45, 7) is 2.70. The molecule has 1 N–H and O–H groups in total. The number of nitrogens with zero attached hydrogens (tertiary/aromatic N) is 2. The Balaban J connectivity index is 1.87. The fourth-order valence-electron chi connectivity index (χ4n) is 2.29. The number of ether oxygens (including phenoxy) is 1. The number of hydrogen-bond acceptors (Lipinski definition) is 4. The molecule has 0 spiro atoms. The lowest BCUT2D eigenvalue weighted by molar-refractivity contribution is -0.139. The van der Waals surface area contributed by atoms with Crippen LogP contribution in [0.15, 0.2) is 24.3 Å². The van der Waals surface area contributed by atoms with E-state index >= 15 is 0 Å². The highest BCUT2D eigenvalue weighted by Gasteiger charge is 2.30. The third kappa shape index (κ3) is 3.72. The van der Waals surface area contributed by atoms with Crippen molar-refractivity contribution in [3.63, 3.8) is 0 Å². The Morgan fingerprint density at radius 2 is 2.20 bits per heavy atom. The van der Waals surface area contributed by atoms with Gasteiger partial charge in [0.2, 0.25) is 0 Å². The van der Waals surface area contributed by atoms with Crippen molar-refractivity contribution in [1.82, 2.24) is 4.90 Å². The monoisotopic (exact) mass is 274 g/mol. The second-order valence-corrected chi connectivity index (χ2v) is 5.34. The van der Waals surface area contributed by atoms with Gasteiger partial charge in [-0.1, -0.05) is 0 Å². The van der Waals surface area contributed by atoms with Gasteiger partial charge in [0.25, 0.3) is 5.91 Å². The minimum Gasteiger partial charge on any atom is -0.484 e. The third-order valence-corrected chi connectivity index (χ3v) is 3.37. The van der Waals surface area contributed by atoms with Gasteiger partial charge in [-0.15, -0.1) is 0 Å². The maximum Gasteiger partial charge on any atom is 0.260 e. The molecule has 0 bridgehead atoms. The lowest BCUT2D eigenvalue weighted by Gasteiger charge is -2.36. The molecular weight excluding hydrogens is 256 g/mol. The van der Waals surface area contributed by atoms with Crippen LogP contribution in [0.5, 0.6) is 5.75 Å². The van der Waals surface area contributed by atoms with E-state index in [1.165, 1.54) is 0 Å². The van der Waals surface area contributed by atoms with E-state index < -0.39 is 5.60 Å². The number of nitriles is 1. The number of benzene rings is 1.